The van der Waals surface area contributed by atoms with Gasteiger partial charge in [0.2, 0.25) is 0 Å². The van der Waals surface area contributed by atoms with Crippen LogP contribution in [0.5, 0.6) is 17.2 Å². The Hall–Kier alpha value is -3.54. The number of hydrogen-bond acceptors (Lipinski definition) is 5. The number of carbonyl (C=O) groups excluding carboxylic acids is 1. The summed E-state index contributed by atoms with van der Waals surface area (Å²) in [6.07, 6.45) is 1.50. The summed E-state index contributed by atoms with van der Waals surface area (Å²) in [7, 11) is 1.57. The molecule has 3 aromatic rings. The fourth-order valence-corrected chi connectivity index (χ4v) is 2.53. The number of phenols is 2. The van der Waals surface area contributed by atoms with Crippen molar-refractivity contribution in [1.29, 1.82) is 0 Å². The molecule has 0 saturated carbocycles. The van der Waals surface area contributed by atoms with E-state index in [4.69, 9.17) is 4.74 Å². The maximum atomic E-state index is 12.1. The molecule has 3 N–H and O–H groups in total. The van der Waals surface area contributed by atoms with Crippen LogP contribution in [0.15, 0.2) is 59.7 Å². The molecule has 0 spiro atoms. The van der Waals surface area contributed by atoms with Gasteiger partial charge in [-0.15, -0.1) is 0 Å². The average molecular weight is 336 g/mol. The third-order valence-electron chi connectivity index (χ3n) is 3.68. The van der Waals surface area contributed by atoms with E-state index in [9.17, 15) is 15.0 Å². The number of benzene rings is 3. The Morgan fingerprint density at radius 1 is 1.08 bits per heavy atom. The maximum absolute atomic E-state index is 12.1. The molecule has 25 heavy (non-hydrogen) atoms. The number of nitrogens with one attached hydrogen (secondary N) is 1. The van der Waals surface area contributed by atoms with Crippen LogP contribution in [0, 0.1) is 0 Å². The van der Waals surface area contributed by atoms with Gasteiger partial charge in [-0.2, -0.15) is 5.10 Å². The largest absolute Gasteiger partial charge is 0.508 e. The lowest BCUT2D eigenvalue weighted by molar-refractivity contribution is 0.0954. The van der Waals surface area contributed by atoms with E-state index in [1.54, 1.807) is 7.11 Å². The number of carbonyl (C=O) groups is 1. The summed E-state index contributed by atoms with van der Waals surface area (Å²) in [5.74, 6) is -0.331. The van der Waals surface area contributed by atoms with Gasteiger partial charge in [0.05, 0.1) is 13.3 Å². The molecule has 0 aliphatic rings. The molecule has 0 saturated heterocycles. The molecule has 3 rings (SSSR count). The zero-order valence-electron chi connectivity index (χ0n) is 13.4. The average Bonchev–Trinajstić information content (AvgIpc) is 2.60. The fourth-order valence-electron chi connectivity index (χ4n) is 2.53. The van der Waals surface area contributed by atoms with Gasteiger partial charge in [0.15, 0.2) is 0 Å². The van der Waals surface area contributed by atoms with E-state index in [1.165, 1.54) is 18.3 Å². The molecule has 6 nitrogen and oxygen atoms in total. The van der Waals surface area contributed by atoms with Gasteiger partial charge in [-0.3, -0.25) is 4.79 Å². The molecular formula is C19H16N2O4. The third kappa shape index (κ3) is 3.53. The minimum atomic E-state index is -0.554. The van der Waals surface area contributed by atoms with Crippen molar-refractivity contribution in [3.8, 4) is 17.2 Å². The molecule has 0 heterocycles. The second-order valence-corrected chi connectivity index (χ2v) is 5.34. The topological polar surface area (TPSA) is 91.2 Å². The van der Waals surface area contributed by atoms with Gasteiger partial charge in [0.1, 0.15) is 17.2 Å². The van der Waals surface area contributed by atoms with Crippen molar-refractivity contribution in [1.82, 2.24) is 5.43 Å². The SMILES string of the molecule is COc1ccc2ccccc2c1/C=N\NC(=O)c1cc(O)cc(O)c1. The summed E-state index contributed by atoms with van der Waals surface area (Å²) in [4.78, 5) is 12.1. The van der Waals surface area contributed by atoms with Crippen molar-refractivity contribution >= 4 is 22.9 Å². The van der Waals surface area contributed by atoms with Gasteiger partial charge in [0, 0.05) is 17.2 Å². The first-order chi connectivity index (χ1) is 12.1. The van der Waals surface area contributed by atoms with Crippen LogP contribution in [0.4, 0.5) is 0 Å². The summed E-state index contributed by atoms with van der Waals surface area (Å²) in [6, 6.07) is 15.2. The monoisotopic (exact) mass is 336 g/mol. The summed E-state index contributed by atoms with van der Waals surface area (Å²) >= 11 is 0. The molecule has 0 bridgehead atoms. The van der Waals surface area contributed by atoms with E-state index in [-0.39, 0.29) is 17.1 Å². The van der Waals surface area contributed by atoms with Crippen molar-refractivity contribution in [2.24, 2.45) is 5.10 Å². The highest BCUT2D eigenvalue weighted by Crippen LogP contribution is 2.26. The van der Waals surface area contributed by atoms with Crippen LogP contribution < -0.4 is 10.2 Å². The standard InChI is InChI=1S/C19H16N2O4/c1-25-18-7-6-12-4-2-3-5-16(12)17(18)11-20-21-19(24)13-8-14(22)10-15(23)9-13/h2-11,22-23H,1H3,(H,21,24)/b20-11-. The van der Waals surface area contributed by atoms with E-state index in [0.717, 1.165) is 22.4 Å². The number of nitrogens with zero attached hydrogens (tertiary/aromatic N) is 1. The van der Waals surface area contributed by atoms with E-state index >= 15 is 0 Å². The molecule has 0 atom stereocenters. The van der Waals surface area contributed by atoms with Crippen LogP contribution in [-0.2, 0) is 0 Å². The zero-order chi connectivity index (χ0) is 17.8. The van der Waals surface area contributed by atoms with Crippen LogP contribution in [0.25, 0.3) is 10.8 Å². The van der Waals surface area contributed by atoms with Crippen molar-refractivity contribution in [2.75, 3.05) is 7.11 Å². The summed E-state index contributed by atoms with van der Waals surface area (Å²) < 4.78 is 5.36. The number of methoxy groups -OCH3 is 1. The summed E-state index contributed by atoms with van der Waals surface area (Å²) in [5.41, 5.74) is 3.20. The first-order valence-corrected chi connectivity index (χ1v) is 7.50. The Labute approximate surface area is 144 Å². The van der Waals surface area contributed by atoms with Crippen LogP contribution in [-0.4, -0.2) is 29.4 Å². The normalized spacial score (nSPS) is 10.9. The highest BCUT2D eigenvalue weighted by atomic mass is 16.5. The molecule has 0 aliphatic heterocycles. The minimum absolute atomic E-state index is 0.0968. The second-order valence-electron chi connectivity index (χ2n) is 5.34. The number of hydrogen-bond donors (Lipinski definition) is 3. The van der Waals surface area contributed by atoms with E-state index in [2.05, 4.69) is 10.5 Å². The van der Waals surface area contributed by atoms with E-state index < -0.39 is 5.91 Å². The number of amides is 1. The van der Waals surface area contributed by atoms with Gasteiger partial charge in [-0.1, -0.05) is 30.3 Å². The summed E-state index contributed by atoms with van der Waals surface area (Å²) in [5, 5.41) is 24.8. The lowest BCUT2D eigenvalue weighted by Crippen LogP contribution is -2.17. The Kier molecular flexibility index (Phi) is 4.52. The van der Waals surface area contributed by atoms with Crippen LogP contribution >= 0.6 is 0 Å². The molecule has 1 amide bonds. The van der Waals surface area contributed by atoms with Crippen molar-refractivity contribution in [3.63, 3.8) is 0 Å². The van der Waals surface area contributed by atoms with Gasteiger partial charge >= 0.3 is 0 Å². The Morgan fingerprint density at radius 3 is 2.52 bits per heavy atom. The van der Waals surface area contributed by atoms with Crippen molar-refractivity contribution in [2.45, 2.75) is 0 Å². The van der Waals surface area contributed by atoms with Crippen molar-refractivity contribution < 1.29 is 19.7 Å². The number of rotatable bonds is 4. The Balaban J connectivity index is 1.87. The van der Waals surface area contributed by atoms with Crippen LogP contribution in [0.1, 0.15) is 15.9 Å². The maximum Gasteiger partial charge on any atom is 0.271 e. The molecule has 3 aromatic carbocycles. The molecule has 0 aromatic heterocycles. The Morgan fingerprint density at radius 2 is 1.80 bits per heavy atom. The van der Waals surface area contributed by atoms with Gasteiger partial charge in [0.25, 0.3) is 5.91 Å². The molecule has 126 valence electrons. The Bertz CT molecular complexity index is 947. The number of fused-ring (bicyclic) bond motifs is 1. The zero-order valence-corrected chi connectivity index (χ0v) is 13.4. The molecule has 0 unspecified atom stereocenters. The van der Waals surface area contributed by atoms with E-state index in [1.807, 2.05) is 36.4 Å². The van der Waals surface area contributed by atoms with Crippen molar-refractivity contribution in [3.05, 3.63) is 65.7 Å². The minimum Gasteiger partial charge on any atom is -0.508 e. The number of hydrazone groups is 1. The number of phenolic OH excluding ortho intramolecular Hbond substituents is 2. The lowest BCUT2D eigenvalue weighted by atomic mass is 10.0. The van der Waals surface area contributed by atoms with E-state index in [0.29, 0.717) is 5.75 Å². The summed E-state index contributed by atoms with van der Waals surface area (Å²) in [6.45, 7) is 0. The third-order valence-corrected chi connectivity index (χ3v) is 3.68. The molecule has 0 aliphatic carbocycles. The lowest BCUT2D eigenvalue weighted by Gasteiger charge is -2.08. The quantitative estimate of drug-likeness (QED) is 0.504. The number of ether oxygens (including phenoxy) is 1. The fraction of sp³-hybridized carbons (Fsp3) is 0.0526. The first-order valence-electron chi connectivity index (χ1n) is 7.50. The smallest absolute Gasteiger partial charge is 0.271 e. The van der Waals surface area contributed by atoms with Gasteiger partial charge < -0.3 is 14.9 Å². The molecular weight excluding hydrogens is 320 g/mol. The predicted molar refractivity (Wildman–Crippen MR) is 95.3 cm³/mol. The first kappa shape index (κ1) is 16.3. The van der Waals surface area contributed by atoms with Crippen LogP contribution in [0.2, 0.25) is 0 Å². The predicted octanol–water partition coefficient (Wildman–Crippen LogP) is 3.02. The molecule has 6 heteroatoms. The van der Waals surface area contributed by atoms with Crippen LogP contribution in [0.3, 0.4) is 0 Å². The molecule has 0 fully saturated rings. The molecule has 0 radical (unpaired) electrons. The second kappa shape index (κ2) is 6.92. The highest BCUT2D eigenvalue weighted by Gasteiger charge is 2.09. The van der Waals surface area contributed by atoms with Gasteiger partial charge in [-0.05, 0) is 29.0 Å². The van der Waals surface area contributed by atoms with Gasteiger partial charge in [-0.25, -0.2) is 5.43 Å². The highest BCUT2D eigenvalue weighted by molar-refractivity contribution is 6.03. The number of aromatic hydroxyl groups is 2.